The molecule has 0 aliphatic heterocycles. The molecule has 0 bridgehead atoms. The van der Waals surface area contributed by atoms with Gasteiger partial charge in [0, 0.05) is 6.61 Å². The van der Waals surface area contributed by atoms with E-state index in [2.05, 4.69) is 13.8 Å². The van der Waals surface area contributed by atoms with Gasteiger partial charge in [-0.3, -0.25) is 0 Å². The molecule has 8 heteroatoms. The molecule has 0 amide bonds. The third kappa shape index (κ3) is 8.56. The van der Waals surface area contributed by atoms with Crippen LogP contribution >= 0.6 is 0 Å². The van der Waals surface area contributed by atoms with Crippen molar-refractivity contribution in [3.63, 3.8) is 0 Å². The van der Waals surface area contributed by atoms with E-state index in [0.29, 0.717) is 24.7 Å². The number of hydrogen-bond acceptors (Lipinski definition) is 2. The van der Waals surface area contributed by atoms with Crippen LogP contribution in [0.3, 0.4) is 0 Å². The van der Waals surface area contributed by atoms with Crippen molar-refractivity contribution in [2.45, 2.75) is 20.3 Å². The number of ether oxygens (including phenoxy) is 2. The average Bonchev–Trinajstić information content (AvgIpc) is 2.33. The topological polar surface area (TPSA) is 18.5 Å². The van der Waals surface area contributed by atoms with Gasteiger partial charge in [-0.05, 0) is 24.5 Å². The Kier molecular flexibility index (Phi) is 10.4. The zero-order valence-electron chi connectivity index (χ0n) is 12.5. The molecule has 0 aliphatic carbocycles. The molecule has 0 saturated heterocycles. The normalized spacial score (nSPS) is 11.4. The molecule has 0 unspecified atom stereocenters. The van der Waals surface area contributed by atoms with Crippen molar-refractivity contribution in [2.24, 2.45) is 5.92 Å². The SMILES string of the molecule is CC(C)CCOCCOc1cc([B-](F)(F)F)ccc1F.[K+]. The summed E-state index contributed by atoms with van der Waals surface area (Å²) in [7, 11) is 0. The molecule has 0 N–H and O–H groups in total. The first-order valence-corrected chi connectivity index (χ1v) is 6.50. The van der Waals surface area contributed by atoms with Crippen molar-refractivity contribution in [1.82, 2.24) is 0 Å². The zero-order chi connectivity index (χ0) is 15.2. The van der Waals surface area contributed by atoms with E-state index in [-0.39, 0.29) is 64.6 Å². The van der Waals surface area contributed by atoms with Crippen LogP contribution in [0.25, 0.3) is 0 Å². The zero-order valence-corrected chi connectivity index (χ0v) is 15.7. The van der Waals surface area contributed by atoms with Crippen LogP contribution in [0.4, 0.5) is 17.3 Å². The molecular formula is C13H18BF4KO2. The van der Waals surface area contributed by atoms with Crippen LogP contribution in [0.1, 0.15) is 20.3 Å². The second-order valence-electron chi connectivity index (χ2n) is 4.91. The molecule has 114 valence electrons. The Hall–Kier alpha value is 0.401. The fourth-order valence-electron chi connectivity index (χ4n) is 1.47. The molecule has 0 aliphatic rings. The molecule has 0 aromatic heterocycles. The Bertz CT molecular complexity index is 427. The predicted molar refractivity (Wildman–Crippen MR) is 70.9 cm³/mol. The van der Waals surface area contributed by atoms with Crippen molar-refractivity contribution < 1.29 is 78.2 Å². The average molecular weight is 332 g/mol. The molecule has 1 rings (SSSR count). The van der Waals surface area contributed by atoms with Crippen molar-refractivity contribution >= 4 is 12.4 Å². The van der Waals surface area contributed by atoms with Crippen LogP contribution in [0, 0.1) is 11.7 Å². The van der Waals surface area contributed by atoms with Gasteiger partial charge >= 0.3 is 58.4 Å². The van der Waals surface area contributed by atoms with Crippen LogP contribution in [0.5, 0.6) is 5.75 Å². The van der Waals surface area contributed by atoms with Gasteiger partial charge in [-0.2, -0.15) is 0 Å². The number of benzene rings is 1. The van der Waals surface area contributed by atoms with Gasteiger partial charge in [0.2, 0.25) is 0 Å². The minimum absolute atomic E-state index is 0. The third-order valence-electron chi connectivity index (χ3n) is 2.66. The van der Waals surface area contributed by atoms with E-state index in [0.717, 1.165) is 12.5 Å². The van der Waals surface area contributed by atoms with E-state index >= 15 is 0 Å². The molecule has 0 saturated carbocycles. The number of rotatable bonds is 8. The van der Waals surface area contributed by atoms with Gasteiger partial charge < -0.3 is 22.4 Å². The Morgan fingerprint density at radius 3 is 2.33 bits per heavy atom. The summed E-state index contributed by atoms with van der Waals surface area (Å²) in [5.74, 6) is -0.691. The van der Waals surface area contributed by atoms with Crippen molar-refractivity contribution in [3.8, 4) is 5.75 Å². The van der Waals surface area contributed by atoms with E-state index in [9.17, 15) is 17.3 Å². The van der Waals surface area contributed by atoms with Gasteiger partial charge in [0.15, 0.2) is 11.6 Å². The monoisotopic (exact) mass is 332 g/mol. The molecule has 1 aromatic rings. The molecule has 0 radical (unpaired) electrons. The Labute approximate surface area is 165 Å². The fraction of sp³-hybridized carbons (Fsp3) is 0.538. The quantitative estimate of drug-likeness (QED) is 0.388. The second-order valence-corrected chi connectivity index (χ2v) is 4.91. The van der Waals surface area contributed by atoms with Gasteiger partial charge in [0.1, 0.15) is 6.61 Å². The van der Waals surface area contributed by atoms with E-state index in [1.807, 2.05) is 0 Å². The molecule has 2 nitrogen and oxygen atoms in total. The van der Waals surface area contributed by atoms with Gasteiger partial charge in [-0.1, -0.05) is 19.9 Å². The summed E-state index contributed by atoms with van der Waals surface area (Å²) < 4.78 is 61.1. The van der Waals surface area contributed by atoms with Crippen molar-refractivity contribution in [1.29, 1.82) is 0 Å². The van der Waals surface area contributed by atoms with E-state index < -0.39 is 24.0 Å². The molecule has 0 fully saturated rings. The van der Waals surface area contributed by atoms with Crippen LogP contribution in [0.15, 0.2) is 18.2 Å². The first-order valence-electron chi connectivity index (χ1n) is 6.50. The summed E-state index contributed by atoms with van der Waals surface area (Å²) in [6.07, 6.45) is 0.889. The van der Waals surface area contributed by atoms with Crippen LogP contribution in [-0.4, -0.2) is 26.8 Å². The van der Waals surface area contributed by atoms with E-state index in [1.165, 1.54) is 0 Å². The van der Waals surface area contributed by atoms with Crippen molar-refractivity contribution in [3.05, 3.63) is 24.0 Å². The van der Waals surface area contributed by atoms with Crippen LogP contribution in [-0.2, 0) is 4.74 Å². The fourth-order valence-corrected chi connectivity index (χ4v) is 1.47. The predicted octanol–water partition coefficient (Wildman–Crippen LogP) is 0.326. The molecule has 1 aromatic carbocycles. The summed E-state index contributed by atoms with van der Waals surface area (Å²) in [6.45, 7) is -0.261. The molecule has 0 heterocycles. The van der Waals surface area contributed by atoms with Crippen LogP contribution in [0.2, 0.25) is 0 Å². The first kappa shape index (κ1) is 21.4. The van der Waals surface area contributed by atoms with Gasteiger partial charge in [-0.15, -0.1) is 5.46 Å². The summed E-state index contributed by atoms with van der Waals surface area (Å²) in [5.41, 5.74) is -0.873. The minimum Gasteiger partial charge on any atom is -0.488 e. The second kappa shape index (κ2) is 10.2. The smallest absolute Gasteiger partial charge is 0.488 e. The summed E-state index contributed by atoms with van der Waals surface area (Å²) in [6, 6.07) is 2.16. The van der Waals surface area contributed by atoms with Crippen LogP contribution < -0.4 is 61.6 Å². The van der Waals surface area contributed by atoms with Gasteiger partial charge in [0.25, 0.3) is 0 Å². The maximum absolute atomic E-state index is 13.3. The van der Waals surface area contributed by atoms with Gasteiger partial charge in [-0.25, -0.2) is 4.39 Å². The molecule has 0 spiro atoms. The maximum atomic E-state index is 13.3. The van der Waals surface area contributed by atoms with E-state index in [1.54, 1.807) is 0 Å². The molecular weight excluding hydrogens is 314 g/mol. The Morgan fingerprint density at radius 2 is 1.76 bits per heavy atom. The number of halogens is 4. The van der Waals surface area contributed by atoms with Crippen molar-refractivity contribution in [2.75, 3.05) is 19.8 Å². The summed E-state index contributed by atoms with van der Waals surface area (Å²) >= 11 is 0. The van der Waals surface area contributed by atoms with E-state index in [4.69, 9.17) is 9.47 Å². The van der Waals surface area contributed by atoms with Gasteiger partial charge in [0.05, 0.1) is 6.61 Å². The summed E-state index contributed by atoms with van der Waals surface area (Å²) in [4.78, 5) is 0. The maximum Gasteiger partial charge on any atom is 1.00 e. The Morgan fingerprint density at radius 1 is 1.10 bits per heavy atom. The Balaban J connectivity index is 0.00000400. The third-order valence-corrected chi connectivity index (χ3v) is 2.66. The summed E-state index contributed by atoms with van der Waals surface area (Å²) in [5, 5.41) is 0. The first-order chi connectivity index (χ1) is 9.30. The number of hydrogen-bond donors (Lipinski definition) is 0. The molecule has 0 atom stereocenters. The minimum atomic E-state index is -5.16. The largest absolute Gasteiger partial charge is 1.00 e. The molecule has 21 heavy (non-hydrogen) atoms. The standard InChI is InChI=1S/C13H18BF4O2.K/c1-10(2)5-6-19-7-8-20-13-9-11(14(16,17)18)3-4-12(13)15;/h3-4,9-10H,5-8H2,1-2H3;/q-1;+1.